The normalized spacial score (nSPS) is 11.9. The average molecular weight is 170 g/mol. The highest BCUT2D eigenvalue weighted by Crippen LogP contribution is 2.16. The molecule has 1 aromatic rings. The van der Waals surface area contributed by atoms with Gasteiger partial charge in [0.15, 0.2) is 5.82 Å². The van der Waals surface area contributed by atoms with E-state index in [1.807, 2.05) is 20.9 Å². The van der Waals surface area contributed by atoms with Crippen LogP contribution in [0.3, 0.4) is 0 Å². The zero-order valence-electron chi connectivity index (χ0n) is 7.50. The molecule has 68 valence electrons. The summed E-state index contributed by atoms with van der Waals surface area (Å²) in [6.45, 7) is 3.89. The Balaban J connectivity index is 3.11. The number of aromatic nitrogens is 3. The first kappa shape index (κ1) is 8.79. The molecule has 0 unspecified atom stereocenters. The number of anilines is 1. The molecule has 0 bridgehead atoms. The Bertz CT molecular complexity index is 276. The predicted molar refractivity (Wildman–Crippen MR) is 46.7 cm³/mol. The molecular formula is C6H14N6. The van der Waals surface area contributed by atoms with Crippen LogP contribution in [0, 0.1) is 0 Å². The number of rotatable bonds is 2. The van der Waals surface area contributed by atoms with Crippen molar-refractivity contribution in [3.05, 3.63) is 5.82 Å². The van der Waals surface area contributed by atoms with Crippen LogP contribution in [0.15, 0.2) is 0 Å². The second kappa shape index (κ2) is 2.63. The van der Waals surface area contributed by atoms with E-state index in [4.69, 9.17) is 11.6 Å². The third-order valence-corrected chi connectivity index (χ3v) is 1.91. The highest BCUT2D eigenvalue weighted by Gasteiger charge is 2.25. The Kier molecular flexibility index (Phi) is 1.93. The van der Waals surface area contributed by atoms with Gasteiger partial charge < -0.3 is 16.9 Å². The van der Waals surface area contributed by atoms with Gasteiger partial charge in [-0.3, -0.25) is 0 Å². The van der Waals surface area contributed by atoms with Crippen molar-refractivity contribution in [2.75, 3.05) is 18.6 Å². The number of nitrogens with two attached hydrogens (primary N) is 2. The first-order valence-corrected chi connectivity index (χ1v) is 3.64. The molecule has 0 aliphatic rings. The zero-order valence-corrected chi connectivity index (χ0v) is 7.50. The van der Waals surface area contributed by atoms with Crippen LogP contribution < -0.4 is 16.9 Å². The maximum atomic E-state index is 5.59. The summed E-state index contributed by atoms with van der Waals surface area (Å²) in [7, 11) is 1.82. The van der Waals surface area contributed by atoms with Crippen molar-refractivity contribution < 1.29 is 0 Å². The molecule has 0 aliphatic carbocycles. The fourth-order valence-corrected chi connectivity index (χ4v) is 0.841. The van der Waals surface area contributed by atoms with Crippen molar-refractivity contribution in [1.82, 2.24) is 20.2 Å². The minimum Gasteiger partial charge on any atom is -0.366 e. The van der Waals surface area contributed by atoms with E-state index in [1.54, 1.807) is 0 Å². The van der Waals surface area contributed by atoms with Crippen molar-refractivity contribution >= 4 is 5.95 Å². The van der Waals surface area contributed by atoms with Crippen LogP contribution in [-0.2, 0) is 5.54 Å². The third-order valence-electron chi connectivity index (χ3n) is 1.91. The molecule has 0 saturated heterocycles. The van der Waals surface area contributed by atoms with Crippen LogP contribution in [0.5, 0.6) is 0 Å². The van der Waals surface area contributed by atoms with Gasteiger partial charge in [-0.2, -0.15) is 0 Å². The van der Waals surface area contributed by atoms with Crippen molar-refractivity contribution in [3.63, 3.8) is 0 Å². The van der Waals surface area contributed by atoms with E-state index in [-0.39, 0.29) is 11.5 Å². The summed E-state index contributed by atoms with van der Waals surface area (Å²) in [6, 6.07) is 0. The van der Waals surface area contributed by atoms with E-state index >= 15 is 0 Å². The summed E-state index contributed by atoms with van der Waals surface area (Å²) in [6.07, 6.45) is 0. The van der Waals surface area contributed by atoms with Gasteiger partial charge in [0, 0.05) is 0 Å². The number of nitrogen functional groups attached to an aromatic ring is 2. The lowest BCUT2D eigenvalue weighted by molar-refractivity contribution is 0.407. The summed E-state index contributed by atoms with van der Waals surface area (Å²) < 4.78 is 1.27. The molecule has 0 fully saturated rings. The first-order valence-electron chi connectivity index (χ1n) is 3.64. The summed E-state index contributed by atoms with van der Waals surface area (Å²) >= 11 is 0. The van der Waals surface area contributed by atoms with Gasteiger partial charge in [0.2, 0.25) is 5.95 Å². The smallest absolute Gasteiger partial charge is 0.240 e. The molecule has 0 saturated carbocycles. The Morgan fingerprint density at radius 2 is 2.00 bits per heavy atom. The third kappa shape index (κ3) is 1.20. The zero-order chi connectivity index (χ0) is 9.35. The van der Waals surface area contributed by atoms with Crippen LogP contribution >= 0.6 is 0 Å². The van der Waals surface area contributed by atoms with Gasteiger partial charge in [-0.1, -0.05) is 0 Å². The maximum Gasteiger partial charge on any atom is 0.240 e. The number of hydrogen-bond acceptors (Lipinski definition) is 5. The second-order valence-electron chi connectivity index (χ2n) is 3.13. The van der Waals surface area contributed by atoms with Crippen LogP contribution in [0.4, 0.5) is 5.95 Å². The molecule has 0 amide bonds. The summed E-state index contributed by atoms with van der Waals surface area (Å²) in [4.78, 5) is 0. The van der Waals surface area contributed by atoms with Crippen LogP contribution in [-0.4, -0.2) is 21.9 Å². The van der Waals surface area contributed by atoms with Crippen molar-refractivity contribution in [3.8, 4) is 0 Å². The topological polar surface area (TPSA) is 94.8 Å². The monoisotopic (exact) mass is 170 g/mol. The Morgan fingerprint density at radius 3 is 2.33 bits per heavy atom. The molecular weight excluding hydrogens is 156 g/mol. The standard InChI is InChI=1S/C6H14N6/c1-6(2,9-3)4-10-11-5(7)12(4)8/h9H,8H2,1-3H3,(H2,7,11). The van der Waals surface area contributed by atoms with Gasteiger partial charge >= 0.3 is 0 Å². The number of hydrogen-bond donors (Lipinski definition) is 3. The van der Waals surface area contributed by atoms with Gasteiger partial charge in [-0.05, 0) is 20.9 Å². The minimum atomic E-state index is -0.320. The Morgan fingerprint density at radius 1 is 1.42 bits per heavy atom. The van der Waals surface area contributed by atoms with E-state index in [1.165, 1.54) is 4.68 Å². The van der Waals surface area contributed by atoms with Gasteiger partial charge in [-0.15, -0.1) is 10.2 Å². The van der Waals surface area contributed by atoms with Crippen molar-refractivity contribution in [2.45, 2.75) is 19.4 Å². The highest BCUT2D eigenvalue weighted by molar-refractivity contribution is 5.20. The Labute approximate surface area is 70.9 Å². The van der Waals surface area contributed by atoms with Gasteiger partial charge in [0.05, 0.1) is 5.54 Å². The lowest BCUT2D eigenvalue weighted by atomic mass is 10.1. The Hall–Kier alpha value is -1.30. The summed E-state index contributed by atoms with van der Waals surface area (Å²) in [5.74, 6) is 6.42. The molecule has 6 heteroatoms. The molecule has 1 heterocycles. The lowest BCUT2D eigenvalue weighted by Gasteiger charge is -2.21. The minimum absolute atomic E-state index is 0.216. The average Bonchev–Trinajstić information content (AvgIpc) is 2.33. The van der Waals surface area contributed by atoms with E-state index < -0.39 is 0 Å². The van der Waals surface area contributed by atoms with Crippen LogP contribution in [0.25, 0.3) is 0 Å². The van der Waals surface area contributed by atoms with Gasteiger partial charge in [-0.25, -0.2) is 4.68 Å². The first-order chi connectivity index (χ1) is 5.49. The van der Waals surface area contributed by atoms with Crippen molar-refractivity contribution in [2.24, 2.45) is 0 Å². The largest absolute Gasteiger partial charge is 0.366 e. The SMILES string of the molecule is CNC(C)(C)c1nnc(N)n1N. The summed E-state index contributed by atoms with van der Waals surface area (Å²) in [5.41, 5.74) is 5.11. The molecule has 6 nitrogen and oxygen atoms in total. The highest BCUT2D eigenvalue weighted by atomic mass is 15.5. The molecule has 0 aliphatic heterocycles. The second-order valence-corrected chi connectivity index (χ2v) is 3.13. The van der Waals surface area contributed by atoms with Gasteiger partial charge in [0.1, 0.15) is 0 Å². The van der Waals surface area contributed by atoms with Crippen LogP contribution in [0.1, 0.15) is 19.7 Å². The maximum absolute atomic E-state index is 5.59. The molecule has 0 aromatic carbocycles. The molecule has 0 spiro atoms. The summed E-state index contributed by atoms with van der Waals surface area (Å²) in [5, 5.41) is 10.6. The number of nitrogens with zero attached hydrogens (tertiary/aromatic N) is 3. The van der Waals surface area contributed by atoms with Crippen molar-refractivity contribution in [1.29, 1.82) is 0 Å². The van der Waals surface area contributed by atoms with E-state index in [2.05, 4.69) is 15.5 Å². The molecule has 1 rings (SSSR count). The molecule has 5 N–H and O–H groups in total. The van der Waals surface area contributed by atoms with E-state index in [0.717, 1.165) is 0 Å². The molecule has 12 heavy (non-hydrogen) atoms. The van der Waals surface area contributed by atoms with Gasteiger partial charge in [0.25, 0.3) is 0 Å². The number of nitrogens with one attached hydrogen (secondary N) is 1. The quantitative estimate of drug-likeness (QED) is 0.496. The fraction of sp³-hybridized carbons (Fsp3) is 0.667. The molecule has 1 aromatic heterocycles. The molecule has 0 radical (unpaired) electrons. The lowest BCUT2D eigenvalue weighted by Crippen LogP contribution is -2.38. The molecule has 0 atom stereocenters. The van der Waals surface area contributed by atoms with E-state index in [9.17, 15) is 0 Å². The predicted octanol–water partition coefficient (Wildman–Crippen LogP) is -0.971. The van der Waals surface area contributed by atoms with E-state index in [0.29, 0.717) is 5.82 Å². The van der Waals surface area contributed by atoms with Crippen LogP contribution in [0.2, 0.25) is 0 Å². The fourth-order valence-electron chi connectivity index (χ4n) is 0.841.